The van der Waals surface area contributed by atoms with E-state index in [2.05, 4.69) is 67.5 Å². The average molecular weight is 405 g/mol. The van der Waals surface area contributed by atoms with Gasteiger partial charge in [0.1, 0.15) is 0 Å². The molecule has 2 aromatic carbocycles. The molecule has 0 unspecified atom stereocenters. The Labute approximate surface area is 149 Å². The zero-order valence-corrected chi connectivity index (χ0v) is 18.4. The molecule has 0 aromatic heterocycles. The number of hydrogen-bond donors (Lipinski definition) is 0. The predicted molar refractivity (Wildman–Crippen MR) is 93.7 cm³/mol. The van der Waals surface area contributed by atoms with Gasteiger partial charge in [0.2, 0.25) is 0 Å². The van der Waals surface area contributed by atoms with Crippen LogP contribution in [0.5, 0.6) is 0 Å². The van der Waals surface area contributed by atoms with Crippen LogP contribution in [-0.4, -0.2) is 0 Å². The molecule has 116 valence electrons. The molecule has 0 heterocycles. The molecule has 0 saturated carbocycles. The van der Waals surface area contributed by atoms with Crippen molar-refractivity contribution in [3.63, 3.8) is 0 Å². The fraction of sp³-hybridized carbons (Fsp3) is 0.444. The van der Waals surface area contributed by atoms with Gasteiger partial charge < -0.3 is 0 Å². The molecule has 0 N–H and O–H groups in total. The molecular formula is C18H26Cl2Zr. The Hall–Kier alpha value is 0.163. The normalized spacial score (nSPS) is 9.24. The van der Waals surface area contributed by atoms with Crippen LogP contribution in [-0.2, 0) is 20.8 Å². The summed E-state index contributed by atoms with van der Waals surface area (Å²) in [5.74, 6) is 0. The van der Waals surface area contributed by atoms with Gasteiger partial charge in [-0.1, -0.05) is 55.4 Å². The Kier molecular flexibility index (Phi) is 10.1. The van der Waals surface area contributed by atoms with E-state index in [9.17, 15) is 0 Å². The fourth-order valence-corrected chi connectivity index (χ4v) is 2.27. The summed E-state index contributed by atoms with van der Waals surface area (Å²) in [7, 11) is 9.87. The third-order valence-electron chi connectivity index (χ3n) is 4.36. The van der Waals surface area contributed by atoms with Crippen LogP contribution < -0.4 is 0 Å². The summed E-state index contributed by atoms with van der Waals surface area (Å²) in [5.41, 5.74) is 11.5. The summed E-state index contributed by atoms with van der Waals surface area (Å²) in [4.78, 5) is 0. The quantitative estimate of drug-likeness (QED) is 0.431. The number of aryl methyl sites for hydroxylation is 4. The molecular weight excluding hydrogens is 378 g/mol. The monoisotopic (exact) mass is 402 g/mol. The van der Waals surface area contributed by atoms with Crippen molar-refractivity contribution in [2.45, 2.75) is 55.4 Å². The number of hydrogen-bond acceptors (Lipinski definition) is 0. The van der Waals surface area contributed by atoms with Gasteiger partial charge in [-0.3, -0.25) is 0 Å². The summed E-state index contributed by atoms with van der Waals surface area (Å²) in [5, 5.41) is 0. The van der Waals surface area contributed by atoms with E-state index in [0.29, 0.717) is 0 Å². The van der Waals surface area contributed by atoms with E-state index < -0.39 is 20.8 Å². The standard InChI is InChI=1S/2C9H13.2ClH.Zr/c2*1-6-5-7(2)9(4)8(6)3;;;/h2*5H,1-4H3;2*1H;/q2*-1;;;+4/p-2. The first kappa shape index (κ1) is 21.2. The van der Waals surface area contributed by atoms with E-state index in [4.69, 9.17) is 17.0 Å². The van der Waals surface area contributed by atoms with Crippen LogP contribution in [0.4, 0.5) is 0 Å². The summed E-state index contributed by atoms with van der Waals surface area (Å²) in [6.07, 6.45) is 0. The molecule has 3 heteroatoms. The first-order valence-corrected chi connectivity index (χ1v) is 13.4. The van der Waals surface area contributed by atoms with Gasteiger partial charge in [0.05, 0.1) is 0 Å². The second-order valence-electron chi connectivity index (χ2n) is 5.59. The summed E-state index contributed by atoms with van der Waals surface area (Å²) >= 11 is -0.826. The minimum absolute atomic E-state index is 0.826. The van der Waals surface area contributed by atoms with Gasteiger partial charge in [-0.2, -0.15) is 56.6 Å². The summed E-state index contributed by atoms with van der Waals surface area (Å²) < 4.78 is 0. The third-order valence-corrected chi connectivity index (χ3v) is 4.36. The average Bonchev–Trinajstić information content (AvgIpc) is 2.77. The van der Waals surface area contributed by atoms with Gasteiger partial charge >= 0.3 is 37.9 Å². The van der Waals surface area contributed by atoms with E-state index in [1.165, 1.54) is 44.5 Å². The number of rotatable bonds is 0. The van der Waals surface area contributed by atoms with Crippen molar-refractivity contribution in [3.8, 4) is 0 Å². The molecule has 0 atom stereocenters. The zero-order valence-electron chi connectivity index (χ0n) is 14.4. The molecule has 21 heavy (non-hydrogen) atoms. The fourth-order valence-electron chi connectivity index (χ4n) is 2.27. The van der Waals surface area contributed by atoms with Crippen LogP contribution in [0.1, 0.15) is 44.5 Å². The van der Waals surface area contributed by atoms with Gasteiger partial charge in [0.15, 0.2) is 0 Å². The van der Waals surface area contributed by atoms with Gasteiger partial charge in [0.25, 0.3) is 0 Å². The minimum atomic E-state index is -0.826. The molecule has 0 amide bonds. The van der Waals surface area contributed by atoms with Crippen LogP contribution in [0.3, 0.4) is 0 Å². The first-order valence-electron chi connectivity index (χ1n) is 7.03. The van der Waals surface area contributed by atoms with Gasteiger partial charge in [-0.05, 0) is 0 Å². The Morgan fingerprint density at radius 3 is 0.714 bits per heavy atom. The van der Waals surface area contributed by atoms with E-state index >= 15 is 0 Å². The van der Waals surface area contributed by atoms with Gasteiger partial charge in [0, 0.05) is 0 Å². The van der Waals surface area contributed by atoms with Crippen molar-refractivity contribution < 1.29 is 20.8 Å². The molecule has 0 aliphatic heterocycles. The van der Waals surface area contributed by atoms with Crippen molar-refractivity contribution in [3.05, 3.63) is 56.6 Å². The first-order chi connectivity index (χ1) is 9.67. The number of halogens is 2. The molecule has 0 aliphatic carbocycles. The molecule has 2 rings (SSSR count). The van der Waals surface area contributed by atoms with Crippen LogP contribution in [0.2, 0.25) is 0 Å². The molecule has 0 aliphatic rings. The maximum absolute atomic E-state index is 4.93. The summed E-state index contributed by atoms with van der Waals surface area (Å²) in [6.45, 7) is 17.4. The van der Waals surface area contributed by atoms with Crippen molar-refractivity contribution >= 4 is 17.0 Å². The predicted octanol–water partition coefficient (Wildman–Crippen LogP) is 6.65. The molecule has 0 spiro atoms. The SMILES string of the molecule is Cc1[cH-]c(C)c(C)c1C.Cc1[cH-]c(C)c(C)c1C.[Cl][Zr+2][Cl]. The third kappa shape index (κ3) is 6.43. The van der Waals surface area contributed by atoms with Crippen LogP contribution in [0, 0.1) is 55.4 Å². The van der Waals surface area contributed by atoms with Gasteiger partial charge in [-0.25, -0.2) is 0 Å². The molecule has 0 nitrogen and oxygen atoms in total. The second kappa shape index (κ2) is 10.0. The maximum atomic E-state index is 4.93. The van der Waals surface area contributed by atoms with E-state index in [1.807, 2.05) is 0 Å². The summed E-state index contributed by atoms with van der Waals surface area (Å²) in [6, 6.07) is 4.48. The van der Waals surface area contributed by atoms with E-state index in [0.717, 1.165) is 0 Å². The molecule has 0 bridgehead atoms. The van der Waals surface area contributed by atoms with E-state index in [-0.39, 0.29) is 0 Å². The molecule has 0 radical (unpaired) electrons. The van der Waals surface area contributed by atoms with Crippen molar-refractivity contribution in [2.24, 2.45) is 0 Å². The molecule has 0 saturated heterocycles. The molecule has 0 fully saturated rings. The van der Waals surface area contributed by atoms with Crippen LogP contribution in [0.15, 0.2) is 12.1 Å². The topological polar surface area (TPSA) is 0 Å². The van der Waals surface area contributed by atoms with Crippen molar-refractivity contribution in [2.75, 3.05) is 0 Å². The Bertz CT molecular complexity index is 467. The zero-order chi connectivity index (χ0) is 16.7. The second-order valence-corrected chi connectivity index (χ2v) is 9.32. The van der Waals surface area contributed by atoms with E-state index in [1.54, 1.807) is 0 Å². The van der Waals surface area contributed by atoms with Crippen LogP contribution >= 0.6 is 17.0 Å². The van der Waals surface area contributed by atoms with Gasteiger partial charge in [-0.15, -0.1) is 0 Å². The molecule has 2 aromatic rings. The van der Waals surface area contributed by atoms with Crippen molar-refractivity contribution in [1.82, 2.24) is 0 Å². The Morgan fingerprint density at radius 1 is 0.524 bits per heavy atom. The Balaban J connectivity index is 0.000000322. The van der Waals surface area contributed by atoms with Crippen molar-refractivity contribution in [1.29, 1.82) is 0 Å². The Morgan fingerprint density at radius 2 is 0.667 bits per heavy atom. The van der Waals surface area contributed by atoms with Crippen LogP contribution in [0.25, 0.3) is 0 Å².